The lowest BCUT2D eigenvalue weighted by Gasteiger charge is -2.14. The summed E-state index contributed by atoms with van der Waals surface area (Å²) in [6.45, 7) is -0.180. The van der Waals surface area contributed by atoms with Gasteiger partial charge in [-0.3, -0.25) is 0 Å². The maximum absolute atomic E-state index is 12.5. The summed E-state index contributed by atoms with van der Waals surface area (Å²) in [5.41, 5.74) is 5.44. The van der Waals surface area contributed by atoms with Crippen molar-refractivity contribution >= 4 is 23.2 Å². The molecule has 0 amide bonds. The molecular weight excluding hydrogens is 233 g/mol. The lowest BCUT2D eigenvalue weighted by atomic mass is 10.0. The molecule has 0 fully saturated rings. The first-order valence-corrected chi connectivity index (χ1v) is 4.62. The lowest BCUT2D eigenvalue weighted by Crippen LogP contribution is -2.20. The van der Waals surface area contributed by atoms with Crippen molar-refractivity contribution in [2.24, 2.45) is 5.73 Å². The Morgan fingerprint density at radius 1 is 1.36 bits per heavy atom. The van der Waals surface area contributed by atoms with Crippen LogP contribution in [-0.2, 0) is 0 Å². The first-order chi connectivity index (χ1) is 6.56. The van der Waals surface area contributed by atoms with Gasteiger partial charge in [0.1, 0.15) is 10.3 Å². The van der Waals surface area contributed by atoms with E-state index in [9.17, 15) is 8.78 Å². The second-order valence-electron chi connectivity index (χ2n) is 2.69. The summed E-state index contributed by atoms with van der Waals surface area (Å²) in [7, 11) is 0. The maximum atomic E-state index is 12.5. The van der Waals surface area contributed by atoms with Crippen LogP contribution in [0.5, 0.6) is 0 Å². The lowest BCUT2D eigenvalue weighted by molar-refractivity contribution is 0.117. The first kappa shape index (κ1) is 11.6. The van der Waals surface area contributed by atoms with E-state index in [1.165, 1.54) is 12.1 Å². The van der Waals surface area contributed by atoms with Crippen LogP contribution in [0, 0.1) is 0 Å². The smallest absolute Gasteiger partial charge is 0.246 e. The van der Waals surface area contributed by atoms with E-state index in [1.54, 1.807) is 0 Å². The van der Waals surface area contributed by atoms with Crippen LogP contribution in [0.4, 0.5) is 8.78 Å². The Bertz CT molecular complexity index is 320. The Morgan fingerprint density at radius 3 is 2.43 bits per heavy atom. The Balaban J connectivity index is 3.04. The van der Waals surface area contributed by atoms with Crippen molar-refractivity contribution in [3.05, 3.63) is 28.0 Å². The zero-order valence-electron chi connectivity index (χ0n) is 7.05. The summed E-state index contributed by atoms with van der Waals surface area (Å²) in [6, 6.07) is 2.83. The third-order valence-corrected chi connectivity index (χ3v) is 2.31. The average molecular weight is 241 g/mol. The fourth-order valence-electron chi connectivity index (χ4n) is 1.07. The zero-order chi connectivity index (χ0) is 10.7. The van der Waals surface area contributed by atoms with E-state index in [1.807, 2.05) is 0 Å². The molecule has 1 heterocycles. The Labute approximate surface area is 90.0 Å². The molecule has 1 aromatic heterocycles. The monoisotopic (exact) mass is 240 g/mol. The number of pyridine rings is 1. The number of halogens is 4. The molecule has 0 bridgehead atoms. The zero-order valence-corrected chi connectivity index (χ0v) is 8.56. The van der Waals surface area contributed by atoms with Crippen LogP contribution in [-0.4, -0.2) is 18.0 Å². The van der Waals surface area contributed by atoms with Crippen LogP contribution in [0.25, 0.3) is 0 Å². The van der Waals surface area contributed by atoms with Gasteiger partial charge < -0.3 is 5.73 Å². The van der Waals surface area contributed by atoms with Gasteiger partial charge in [0.05, 0.1) is 5.92 Å². The molecule has 0 saturated heterocycles. The van der Waals surface area contributed by atoms with E-state index >= 15 is 0 Å². The normalized spacial score (nSPS) is 13.3. The molecule has 1 aromatic rings. The van der Waals surface area contributed by atoms with Gasteiger partial charge in [-0.05, 0) is 11.6 Å². The van der Waals surface area contributed by atoms with Gasteiger partial charge >= 0.3 is 0 Å². The van der Waals surface area contributed by atoms with Crippen LogP contribution >= 0.6 is 23.2 Å². The van der Waals surface area contributed by atoms with Crippen molar-refractivity contribution in [2.45, 2.75) is 12.3 Å². The predicted molar refractivity (Wildman–Crippen MR) is 52.1 cm³/mol. The minimum atomic E-state index is -2.56. The van der Waals surface area contributed by atoms with Gasteiger partial charge in [0.2, 0.25) is 6.43 Å². The Kier molecular flexibility index (Phi) is 4.04. The molecule has 2 N–H and O–H groups in total. The molecule has 2 nitrogen and oxygen atoms in total. The summed E-state index contributed by atoms with van der Waals surface area (Å²) in [5.74, 6) is -1.09. The second-order valence-corrected chi connectivity index (χ2v) is 3.44. The summed E-state index contributed by atoms with van der Waals surface area (Å²) in [4.78, 5) is 3.67. The van der Waals surface area contributed by atoms with Crippen molar-refractivity contribution in [2.75, 3.05) is 6.54 Å². The van der Waals surface area contributed by atoms with Crippen LogP contribution in [0.1, 0.15) is 11.5 Å². The number of alkyl halides is 2. The summed E-state index contributed by atoms with van der Waals surface area (Å²) in [5, 5.41) is 0.150. The van der Waals surface area contributed by atoms with Gasteiger partial charge in [0, 0.05) is 6.54 Å². The van der Waals surface area contributed by atoms with E-state index in [-0.39, 0.29) is 22.4 Å². The molecule has 78 valence electrons. The van der Waals surface area contributed by atoms with Crippen molar-refractivity contribution in [3.8, 4) is 0 Å². The van der Waals surface area contributed by atoms with E-state index in [2.05, 4.69) is 4.98 Å². The van der Waals surface area contributed by atoms with Crippen molar-refractivity contribution < 1.29 is 8.78 Å². The van der Waals surface area contributed by atoms with Crippen LogP contribution in [0.15, 0.2) is 12.1 Å². The molecule has 1 atom stereocenters. The van der Waals surface area contributed by atoms with Gasteiger partial charge in [-0.2, -0.15) is 0 Å². The van der Waals surface area contributed by atoms with Gasteiger partial charge in [0.15, 0.2) is 0 Å². The van der Waals surface area contributed by atoms with E-state index in [0.717, 1.165) is 0 Å². The molecule has 0 saturated carbocycles. The quantitative estimate of drug-likeness (QED) is 0.826. The van der Waals surface area contributed by atoms with E-state index in [4.69, 9.17) is 28.9 Å². The summed E-state index contributed by atoms with van der Waals surface area (Å²) in [6.07, 6.45) is -2.56. The van der Waals surface area contributed by atoms with E-state index in [0.29, 0.717) is 0 Å². The third-order valence-electron chi connectivity index (χ3n) is 1.80. The highest BCUT2D eigenvalue weighted by Gasteiger charge is 2.23. The largest absolute Gasteiger partial charge is 0.330 e. The average Bonchev–Trinajstić information content (AvgIpc) is 2.09. The fourth-order valence-corrected chi connectivity index (χ4v) is 1.55. The molecule has 1 unspecified atom stereocenters. The molecule has 0 aliphatic carbocycles. The highest BCUT2D eigenvalue weighted by Crippen LogP contribution is 2.28. The summed E-state index contributed by atoms with van der Waals surface area (Å²) < 4.78 is 24.9. The van der Waals surface area contributed by atoms with Crippen molar-refractivity contribution in [1.82, 2.24) is 4.98 Å². The van der Waals surface area contributed by atoms with Crippen LogP contribution in [0.2, 0.25) is 10.3 Å². The number of nitrogens with zero attached hydrogens (tertiary/aromatic N) is 1. The minimum Gasteiger partial charge on any atom is -0.330 e. The second kappa shape index (κ2) is 4.87. The highest BCUT2D eigenvalue weighted by atomic mass is 35.5. The topological polar surface area (TPSA) is 38.9 Å². The standard InChI is InChI=1S/C8H8Cl2F2N2/c9-6-2-1-4(7(10)14-6)5(3-13)8(11)12/h1-2,5,8H,3,13H2. The molecule has 0 spiro atoms. The Hall–Kier alpha value is -0.450. The van der Waals surface area contributed by atoms with E-state index < -0.39 is 12.3 Å². The predicted octanol–water partition coefficient (Wildman–Crippen LogP) is 2.70. The number of nitrogens with two attached hydrogens (primary N) is 1. The van der Waals surface area contributed by atoms with Gasteiger partial charge in [-0.25, -0.2) is 13.8 Å². The number of hydrogen-bond donors (Lipinski definition) is 1. The maximum Gasteiger partial charge on any atom is 0.246 e. The molecule has 1 rings (SSSR count). The first-order valence-electron chi connectivity index (χ1n) is 3.86. The van der Waals surface area contributed by atoms with Gasteiger partial charge in [0.25, 0.3) is 0 Å². The molecular formula is C8H8Cl2F2N2. The molecule has 6 heteroatoms. The number of hydrogen-bond acceptors (Lipinski definition) is 2. The van der Waals surface area contributed by atoms with Crippen LogP contribution in [0.3, 0.4) is 0 Å². The summed E-state index contributed by atoms with van der Waals surface area (Å²) >= 11 is 11.2. The van der Waals surface area contributed by atoms with Crippen LogP contribution < -0.4 is 5.73 Å². The fraction of sp³-hybridized carbons (Fsp3) is 0.375. The molecule has 0 radical (unpaired) electrons. The molecule has 0 aliphatic heterocycles. The van der Waals surface area contributed by atoms with Crippen molar-refractivity contribution in [1.29, 1.82) is 0 Å². The van der Waals surface area contributed by atoms with Gasteiger partial charge in [-0.1, -0.05) is 29.3 Å². The molecule has 0 aliphatic rings. The number of aromatic nitrogens is 1. The molecule has 0 aromatic carbocycles. The third kappa shape index (κ3) is 2.53. The molecule has 14 heavy (non-hydrogen) atoms. The number of rotatable bonds is 3. The minimum absolute atomic E-state index is 0.0201. The highest BCUT2D eigenvalue weighted by molar-refractivity contribution is 6.32. The Morgan fingerprint density at radius 2 is 2.00 bits per heavy atom. The van der Waals surface area contributed by atoms with Crippen molar-refractivity contribution in [3.63, 3.8) is 0 Å². The SMILES string of the molecule is NCC(c1ccc(Cl)nc1Cl)C(F)F. The van der Waals surface area contributed by atoms with Gasteiger partial charge in [-0.15, -0.1) is 0 Å².